The molecule has 1 N–H and O–H groups in total. The molecule has 0 bridgehead atoms. The second kappa shape index (κ2) is 3.64. The topological polar surface area (TPSA) is 41.6 Å². The Kier molecular flexibility index (Phi) is 2.51. The first kappa shape index (κ1) is 8.97. The third kappa shape index (κ3) is 1.69. The normalized spacial score (nSPS) is 36.2. The van der Waals surface area contributed by atoms with Gasteiger partial charge in [-0.05, 0) is 6.92 Å². The number of ether oxygens (including phenoxy) is 1. The molecule has 0 aromatic heterocycles. The van der Waals surface area contributed by atoms with Gasteiger partial charge in [0.1, 0.15) is 6.04 Å². The molecule has 2 aliphatic heterocycles. The highest BCUT2D eigenvalue weighted by Gasteiger charge is 2.35. The number of carbonyl (C=O) groups is 1. The molecule has 0 aliphatic carbocycles. The molecule has 0 radical (unpaired) electrons. The maximum atomic E-state index is 11.3. The van der Waals surface area contributed by atoms with E-state index in [0.29, 0.717) is 12.6 Å². The van der Waals surface area contributed by atoms with Gasteiger partial charge in [-0.25, -0.2) is 0 Å². The highest BCUT2D eigenvalue weighted by Crippen LogP contribution is 2.17. The Morgan fingerprint density at radius 1 is 1.62 bits per heavy atom. The Balaban J connectivity index is 2.01. The van der Waals surface area contributed by atoms with Gasteiger partial charge in [0.2, 0.25) is 0 Å². The van der Waals surface area contributed by atoms with Crippen molar-refractivity contribution < 1.29 is 9.53 Å². The molecule has 2 saturated heterocycles. The number of piperazine rings is 1. The Morgan fingerprint density at radius 3 is 3.08 bits per heavy atom. The van der Waals surface area contributed by atoms with Crippen molar-refractivity contribution >= 4 is 5.97 Å². The first-order valence-electron chi connectivity index (χ1n) is 4.92. The van der Waals surface area contributed by atoms with E-state index < -0.39 is 0 Å². The van der Waals surface area contributed by atoms with Gasteiger partial charge in [-0.15, -0.1) is 0 Å². The smallest absolute Gasteiger partial charge is 0.323 e. The van der Waals surface area contributed by atoms with Crippen molar-refractivity contribution in [2.45, 2.75) is 25.4 Å². The summed E-state index contributed by atoms with van der Waals surface area (Å²) < 4.78 is 4.97. The van der Waals surface area contributed by atoms with Crippen LogP contribution in [0, 0.1) is 0 Å². The summed E-state index contributed by atoms with van der Waals surface area (Å²) in [4.78, 5) is 13.6. The lowest BCUT2D eigenvalue weighted by molar-refractivity contribution is -0.143. The van der Waals surface area contributed by atoms with E-state index in [-0.39, 0.29) is 12.0 Å². The summed E-state index contributed by atoms with van der Waals surface area (Å²) in [6.07, 6.45) is 0.864. The van der Waals surface area contributed by atoms with Crippen LogP contribution >= 0.6 is 0 Å². The number of hydrogen-bond donors (Lipinski definition) is 1. The van der Waals surface area contributed by atoms with Gasteiger partial charge >= 0.3 is 5.97 Å². The molecule has 74 valence electrons. The molecule has 0 aromatic carbocycles. The fraction of sp³-hybridized carbons (Fsp3) is 0.889. The first-order valence-corrected chi connectivity index (χ1v) is 4.92. The van der Waals surface area contributed by atoms with Crippen LogP contribution in [-0.2, 0) is 9.53 Å². The average Bonchev–Trinajstić information content (AvgIpc) is 2.52. The maximum absolute atomic E-state index is 11.3. The minimum Gasteiger partial charge on any atom is -0.464 e. The van der Waals surface area contributed by atoms with E-state index >= 15 is 0 Å². The fourth-order valence-corrected chi connectivity index (χ4v) is 2.11. The number of nitrogens with one attached hydrogen (secondary N) is 1. The van der Waals surface area contributed by atoms with Gasteiger partial charge in [0.15, 0.2) is 0 Å². The summed E-state index contributed by atoms with van der Waals surface area (Å²) in [6, 6.07) is 0.474. The van der Waals surface area contributed by atoms with Crippen LogP contribution in [0.3, 0.4) is 0 Å². The number of hydrogen-bond acceptors (Lipinski definition) is 4. The van der Waals surface area contributed by atoms with Gasteiger partial charge in [-0.1, -0.05) is 0 Å². The van der Waals surface area contributed by atoms with Crippen molar-refractivity contribution in [1.29, 1.82) is 0 Å². The molecule has 0 aromatic rings. The van der Waals surface area contributed by atoms with Crippen molar-refractivity contribution in [3.05, 3.63) is 0 Å². The molecule has 2 rings (SSSR count). The van der Waals surface area contributed by atoms with Crippen molar-refractivity contribution in [3.8, 4) is 0 Å². The molecule has 13 heavy (non-hydrogen) atoms. The molecule has 4 nitrogen and oxygen atoms in total. The zero-order valence-electron chi connectivity index (χ0n) is 7.95. The molecular formula is C9H16N2O2. The second-order valence-electron chi connectivity index (χ2n) is 3.76. The van der Waals surface area contributed by atoms with Gasteiger partial charge in [0.05, 0.1) is 6.61 Å². The van der Waals surface area contributed by atoms with E-state index in [1.54, 1.807) is 0 Å². The standard InChI is InChI=1S/C9H16N2O2/c1-7-6-10-3-4-11(7)8-2-5-13-9(8)12/h7-8,10H,2-6H2,1H3/t7-,8?/m0/s1. The van der Waals surface area contributed by atoms with Crippen LogP contribution in [0.1, 0.15) is 13.3 Å². The van der Waals surface area contributed by atoms with Gasteiger partial charge in [0.25, 0.3) is 0 Å². The largest absolute Gasteiger partial charge is 0.464 e. The Labute approximate surface area is 78.2 Å². The highest BCUT2D eigenvalue weighted by atomic mass is 16.5. The number of nitrogens with zero attached hydrogens (tertiary/aromatic N) is 1. The van der Waals surface area contributed by atoms with Gasteiger partial charge in [0, 0.05) is 32.1 Å². The average molecular weight is 184 g/mol. The summed E-state index contributed by atoms with van der Waals surface area (Å²) >= 11 is 0. The number of carbonyl (C=O) groups excluding carboxylic acids is 1. The van der Waals surface area contributed by atoms with E-state index in [1.165, 1.54) is 0 Å². The van der Waals surface area contributed by atoms with Gasteiger partial charge in [-0.3, -0.25) is 9.69 Å². The van der Waals surface area contributed by atoms with Crippen LogP contribution in [0.2, 0.25) is 0 Å². The molecule has 0 spiro atoms. The summed E-state index contributed by atoms with van der Waals surface area (Å²) in [7, 11) is 0. The van der Waals surface area contributed by atoms with Crippen LogP contribution in [-0.4, -0.2) is 49.2 Å². The molecule has 2 fully saturated rings. The van der Waals surface area contributed by atoms with E-state index in [2.05, 4.69) is 17.1 Å². The SMILES string of the molecule is C[C@H]1CNCCN1C1CCOC1=O. The fourth-order valence-electron chi connectivity index (χ4n) is 2.11. The van der Waals surface area contributed by atoms with Crippen LogP contribution < -0.4 is 5.32 Å². The minimum atomic E-state index is -0.0336. The lowest BCUT2D eigenvalue weighted by atomic mass is 10.1. The second-order valence-corrected chi connectivity index (χ2v) is 3.76. The van der Waals surface area contributed by atoms with Crippen LogP contribution in [0.5, 0.6) is 0 Å². The number of rotatable bonds is 1. The molecular weight excluding hydrogens is 168 g/mol. The zero-order valence-corrected chi connectivity index (χ0v) is 7.95. The molecule has 2 atom stereocenters. The summed E-state index contributed by atoms with van der Waals surface area (Å²) in [5.74, 6) is -0.0336. The van der Waals surface area contributed by atoms with Gasteiger partial charge in [-0.2, -0.15) is 0 Å². The third-order valence-corrected chi connectivity index (χ3v) is 2.86. The van der Waals surface area contributed by atoms with Crippen molar-refractivity contribution in [2.24, 2.45) is 0 Å². The summed E-state index contributed by atoms with van der Waals surface area (Å²) in [5.41, 5.74) is 0. The first-order chi connectivity index (χ1) is 6.29. The molecule has 0 amide bonds. The van der Waals surface area contributed by atoms with E-state index in [4.69, 9.17) is 4.74 Å². The Hall–Kier alpha value is -0.610. The predicted octanol–water partition coefficient (Wildman–Crippen LogP) is -0.404. The molecule has 2 aliphatic rings. The molecule has 2 heterocycles. The number of esters is 1. The maximum Gasteiger partial charge on any atom is 0.323 e. The van der Waals surface area contributed by atoms with Crippen LogP contribution in [0.25, 0.3) is 0 Å². The molecule has 1 unspecified atom stereocenters. The molecule has 4 heteroatoms. The summed E-state index contributed by atoms with van der Waals surface area (Å²) in [6.45, 7) is 5.66. The molecule has 0 saturated carbocycles. The Bertz CT molecular complexity index is 208. The lowest BCUT2D eigenvalue weighted by Gasteiger charge is -2.36. The predicted molar refractivity (Wildman–Crippen MR) is 48.4 cm³/mol. The van der Waals surface area contributed by atoms with Crippen molar-refractivity contribution in [2.75, 3.05) is 26.2 Å². The van der Waals surface area contributed by atoms with E-state index in [0.717, 1.165) is 26.1 Å². The Morgan fingerprint density at radius 2 is 2.46 bits per heavy atom. The monoisotopic (exact) mass is 184 g/mol. The quantitative estimate of drug-likeness (QED) is 0.563. The van der Waals surface area contributed by atoms with Crippen molar-refractivity contribution in [1.82, 2.24) is 10.2 Å². The highest BCUT2D eigenvalue weighted by molar-refractivity contribution is 5.77. The minimum absolute atomic E-state index is 0.0251. The van der Waals surface area contributed by atoms with Crippen LogP contribution in [0.4, 0.5) is 0 Å². The third-order valence-electron chi connectivity index (χ3n) is 2.86. The number of cyclic esters (lactones) is 1. The van der Waals surface area contributed by atoms with Crippen molar-refractivity contribution in [3.63, 3.8) is 0 Å². The summed E-state index contributed by atoms with van der Waals surface area (Å²) in [5, 5.41) is 3.31. The lowest BCUT2D eigenvalue weighted by Crippen LogP contribution is -2.55. The van der Waals surface area contributed by atoms with E-state index in [1.807, 2.05) is 0 Å². The van der Waals surface area contributed by atoms with Gasteiger partial charge < -0.3 is 10.1 Å². The van der Waals surface area contributed by atoms with E-state index in [9.17, 15) is 4.79 Å². The zero-order chi connectivity index (χ0) is 9.26. The van der Waals surface area contributed by atoms with Crippen LogP contribution in [0.15, 0.2) is 0 Å².